The van der Waals surface area contributed by atoms with Crippen LogP contribution < -0.4 is 14.8 Å². The van der Waals surface area contributed by atoms with Crippen molar-refractivity contribution < 1.29 is 17.9 Å². The Hall–Kier alpha value is -3.16. The molecule has 0 aliphatic rings. The maximum Gasteiger partial charge on any atom is 0.242 e. The van der Waals surface area contributed by atoms with Crippen molar-refractivity contribution in [1.82, 2.24) is 4.72 Å². The summed E-state index contributed by atoms with van der Waals surface area (Å²) in [6.07, 6.45) is 0.215. The second-order valence-electron chi connectivity index (χ2n) is 7.98. The molecule has 1 unspecified atom stereocenters. The van der Waals surface area contributed by atoms with Gasteiger partial charge in [0.05, 0.1) is 11.5 Å². The van der Waals surface area contributed by atoms with Gasteiger partial charge in [0.15, 0.2) is 0 Å². The highest BCUT2D eigenvalue weighted by atomic mass is 32.2. The number of ether oxygens (including phenoxy) is 1. The second kappa shape index (κ2) is 10.6. The average molecular weight is 467 g/mol. The summed E-state index contributed by atoms with van der Waals surface area (Å²) >= 11 is 0. The Morgan fingerprint density at radius 1 is 0.909 bits per heavy atom. The summed E-state index contributed by atoms with van der Waals surface area (Å²) in [5.41, 5.74) is 4.07. The van der Waals surface area contributed by atoms with Crippen LogP contribution in [-0.4, -0.2) is 27.0 Å². The molecule has 1 amide bonds. The molecule has 0 aliphatic carbocycles. The maximum absolute atomic E-state index is 13.3. The Balaban J connectivity index is 1.90. The number of aryl methyl sites for hydroxylation is 3. The lowest BCUT2D eigenvalue weighted by Gasteiger charge is -2.21. The van der Waals surface area contributed by atoms with Crippen LogP contribution in [0, 0.1) is 20.8 Å². The predicted octanol–water partition coefficient (Wildman–Crippen LogP) is 4.54. The summed E-state index contributed by atoms with van der Waals surface area (Å²) in [5, 5.41) is 2.92. The lowest BCUT2D eigenvalue weighted by Crippen LogP contribution is -2.45. The van der Waals surface area contributed by atoms with Crippen LogP contribution >= 0.6 is 0 Å². The van der Waals surface area contributed by atoms with Crippen LogP contribution in [0.1, 0.15) is 29.2 Å². The molecule has 6 nitrogen and oxygen atoms in total. The van der Waals surface area contributed by atoms with Crippen molar-refractivity contribution in [1.29, 1.82) is 0 Å². The standard InChI is InChI=1S/C26H30N2O4S/c1-5-32-24-15-14-22(16-20(24)4)33(30,31)28-23(17-21-12-7-6-8-13-21)26(29)27-25-18(2)10-9-11-19(25)3/h6-16,23,28H,5,17H2,1-4H3,(H,27,29). The lowest BCUT2D eigenvalue weighted by atomic mass is 10.0. The molecule has 0 aromatic heterocycles. The molecule has 2 N–H and O–H groups in total. The van der Waals surface area contributed by atoms with Gasteiger partial charge < -0.3 is 10.1 Å². The van der Waals surface area contributed by atoms with Crippen LogP contribution in [0.5, 0.6) is 5.75 Å². The van der Waals surface area contributed by atoms with Gasteiger partial charge in [-0.2, -0.15) is 4.72 Å². The number of carbonyl (C=O) groups is 1. The zero-order valence-electron chi connectivity index (χ0n) is 19.4. The minimum Gasteiger partial charge on any atom is -0.494 e. The Morgan fingerprint density at radius 2 is 1.58 bits per heavy atom. The molecule has 0 radical (unpaired) electrons. The van der Waals surface area contributed by atoms with Crippen LogP contribution in [0.3, 0.4) is 0 Å². The fourth-order valence-corrected chi connectivity index (χ4v) is 4.90. The molecule has 0 heterocycles. The van der Waals surface area contributed by atoms with Crippen LogP contribution in [0.25, 0.3) is 0 Å². The van der Waals surface area contributed by atoms with Gasteiger partial charge in [-0.1, -0.05) is 48.5 Å². The highest BCUT2D eigenvalue weighted by molar-refractivity contribution is 7.89. The van der Waals surface area contributed by atoms with Gasteiger partial charge in [0, 0.05) is 5.69 Å². The van der Waals surface area contributed by atoms with E-state index < -0.39 is 22.0 Å². The summed E-state index contributed by atoms with van der Waals surface area (Å²) in [7, 11) is -3.96. The number of benzene rings is 3. The fourth-order valence-electron chi connectivity index (χ4n) is 3.62. The number of anilines is 1. The van der Waals surface area contributed by atoms with Gasteiger partial charge in [0.1, 0.15) is 11.8 Å². The van der Waals surface area contributed by atoms with Crippen molar-refractivity contribution in [2.45, 2.75) is 45.1 Å². The van der Waals surface area contributed by atoms with Crippen LogP contribution in [0.4, 0.5) is 5.69 Å². The second-order valence-corrected chi connectivity index (χ2v) is 9.69. The van der Waals surface area contributed by atoms with Crippen molar-refractivity contribution in [2.75, 3.05) is 11.9 Å². The quantitative estimate of drug-likeness (QED) is 0.485. The van der Waals surface area contributed by atoms with Crippen molar-refractivity contribution in [2.24, 2.45) is 0 Å². The zero-order valence-corrected chi connectivity index (χ0v) is 20.2. The minimum atomic E-state index is -3.96. The van der Waals surface area contributed by atoms with Crippen molar-refractivity contribution in [3.05, 3.63) is 89.0 Å². The van der Waals surface area contributed by atoms with Crippen LogP contribution in [-0.2, 0) is 21.2 Å². The zero-order chi connectivity index (χ0) is 24.0. The van der Waals surface area contributed by atoms with E-state index in [1.165, 1.54) is 6.07 Å². The largest absolute Gasteiger partial charge is 0.494 e. The third kappa shape index (κ3) is 6.21. The number of carbonyl (C=O) groups excluding carboxylic acids is 1. The monoisotopic (exact) mass is 466 g/mol. The number of nitrogens with one attached hydrogen (secondary N) is 2. The maximum atomic E-state index is 13.3. The van der Waals surface area contributed by atoms with E-state index in [4.69, 9.17) is 4.74 Å². The van der Waals surface area contributed by atoms with E-state index in [0.717, 1.165) is 16.7 Å². The molecule has 0 saturated carbocycles. The van der Waals surface area contributed by atoms with E-state index in [2.05, 4.69) is 10.0 Å². The first-order valence-corrected chi connectivity index (χ1v) is 12.4. The normalized spacial score (nSPS) is 12.2. The molecule has 0 bridgehead atoms. The van der Waals surface area contributed by atoms with Crippen molar-refractivity contribution in [3.63, 3.8) is 0 Å². The van der Waals surface area contributed by atoms with E-state index in [-0.39, 0.29) is 11.3 Å². The first kappa shape index (κ1) is 24.5. The number of hydrogen-bond acceptors (Lipinski definition) is 4. The van der Waals surface area contributed by atoms with E-state index in [9.17, 15) is 13.2 Å². The molecular weight excluding hydrogens is 436 g/mol. The van der Waals surface area contributed by atoms with Gasteiger partial charge in [-0.05, 0) is 74.6 Å². The van der Waals surface area contributed by atoms with Crippen LogP contribution in [0.15, 0.2) is 71.6 Å². The number of hydrogen-bond donors (Lipinski definition) is 2. The smallest absolute Gasteiger partial charge is 0.242 e. The predicted molar refractivity (Wildman–Crippen MR) is 131 cm³/mol. The third-order valence-electron chi connectivity index (χ3n) is 5.38. The number of para-hydroxylation sites is 1. The van der Waals surface area contributed by atoms with Crippen LogP contribution in [0.2, 0.25) is 0 Å². The van der Waals surface area contributed by atoms with Gasteiger partial charge in [-0.25, -0.2) is 8.42 Å². The number of amides is 1. The number of rotatable bonds is 9. The highest BCUT2D eigenvalue weighted by Gasteiger charge is 2.27. The van der Waals surface area contributed by atoms with Gasteiger partial charge in [0.25, 0.3) is 0 Å². The molecule has 33 heavy (non-hydrogen) atoms. The average Bonchev–Trinajstić information content (AvgIpc) is 2.78. The Morgan fingerprint density at radius 3 is 2.18 bits per heavy atom. The molecular formula is C26H30N2O4S. The molecule has 174 valence electrons. The molecule has 7 heteroatoms. The first-order valence-electron chi connectivity index (χ1n) is 10.9. The Kier molecular flexibility index (Phi) is 7.89. The minimum absolute atomic E-state index is 0.0846. The molecule has 1 atom stereocenters. The Bertz CT molecular complexity index is 1200. The molecule has 0 aliphatic heterocycles. The van der Waals surface area contributed by atoms with E-state index >= 15 is 0 Å². The van der Waals surface area contributed by atoms with E-state index in [1.54, 1.807) is 19.1 Å². The van der Waals surface area contributed by atoms with E-state index in [1.807, 2.05) is 69.3 Å². The lowest BCUT2D eigenvalue weighted by molar-refractivity contribution is -0.117. The molecule has 0 fully saturated rings. The van der Waals surface area contributed by atoms with E-state index in [0.29, 0.717) is 23.6 Å². The molecule has 0 saturated heterocycles. The summed E-state index contributed by atoms with van der Waals surface area (Å²) in [5.74, 6) is 0.215. The Labute approximate surface area is 196 Å². The summed E-state index contributed by atoms with van der Waals surface area (Å²) < 4.78 is 34.6. The highest BCUT2D eigenvalue weighted by Crippen LogP contribution is 2.23. The summed E-state index contributed by atoms with van der Waals surface area (Å²) in [4.78, 5) is 13.4. The topological polar surface area (TPSA) is 84.5 Å². The summed E-state index contributed by atoms with van der Waals surface area (Å²) in [6.45, 7) is 7.96. The number of sulfonamides is 1. The fraction of sp³-hybridized carbons (Fsp3) is 0.269. The van der Waals surface area contributed by atoms with Gasteiger partial charge in [-0.15, -0.1) is 0 Å². The van der Waals surface area contributed by atoms with Crippen molar-refractivity contribution in [3.8, 4) is 5.75 Å². The molecule has 3 aromatic rings. The third-order valence-corrected chi connectivity index (χ3v) is 6.85. The first-order chi connectivity index (χ1) is 15.7. The molecule has 3 rings (SSSR count). The SMILES string of the molecule is CCOc1ccc(S(=O)(=O)NC(Cc2ccccc2)C(=O)Nc2c(C)cccc2C)cc1C. The molecule has 3 aromatic carbocycles. The van der Waals surface area contributed by atoms with Gasteiger partial charge in [0.2, 0.25) is 15.9 Å². The van der Waals surface area contributed by atoms with Crippen molar-refractivity contribution >= 4 is 21.6 Å². The van der Waals surface area contributed by atoms with Gasteiger partial charge in [-0.3, -0.25) is 4.79 Å². The molecule has 0 spiro atoms. The summed E-state index contributed by atoms with van der Waals surface area (Å²) in [6, 6.07) is 18.7. The van der Waals surface area contributed by atoms with Gasteiger partial charge >= 0.3 is 0 Å².